The van der Waals surface area contributed by atoms with Gasteiger partial charge in [-0.05, 0) is 52.3 Å². The van der Waals surface area contributed by atoms with Gasteiger partial charge in [-0.1, -0.05) is 12.1 Å². The Hall–Kier alpha value is -1.97. The number of rotatable bonds is 11. The molecule has 10 nitrogen and oxygen atoms in total. The van der Waals surface area contributed by atoms with Crippen LogP contribution in [-0.4, -0.2) is 42.0 Å². The molecular formula is C18H28NO9P. The van der Waals surface area contributed by atoms with E-state index in [2.05, 4.69) is 5.32 Å². The third-order valence-electron chi connectivity index (χ3n) is 3.22. The van der Waals surface area contributed by atoms with Crippen molar-refractivity contribution in [3.05, 3.63) is 29.8 Å². The van der Waals surface area contributed by atoms with Crippen LogP contribution >= 0.6 is 7.60 Å². The SMILES string of the molecule is CCOOP(=O)(OOCC)c1ccc(C[C@H](NC(=O)OC(C)(C)C)C(=O)O)cc1. The van der Waals surface area contributed by atoms with Crippen LogP contribution in [-0.2, 0) is 39.6 Å². The van der Waals surface area contributed by atoms with Crippen LogP contribution in [0.5, 0.6) is 0 Å². The van der Waals surface area contributed by atoms with Gasteiger partial charge in [-0.25, -0.2) is 23.9 Å². The molecule has 0 radical (unpaired) electrons. The number of carboxylic acid groups (broad SMARTS) is 1. The first-order chi connectivity index (χ1) is 13.5. The van der Waals surface area contributed by atoms with Crippen molar-refractivity contribution in [2.75, 3.05) is 13.2 Å². The minimum Gasteiger partial charge on any atom is -0.480 e. The average molecular weight is 433 g/mol. The summed E-state index contributed by atoms with van der Waals surface area (Å²) in [5, 5.41) is 11.9. The maximum atomic E-state index is 12.8. The number of amides is 1. The van der Waals surface area contributed by atoms with Crippen LogP contribution in [0.2, 0.25) is 0 Å². The lowest BCUT2D eigenvalue weighted by Crippen LogP contribution is -2.44. The highest BCUT2D eigenvalue weighted by Gasteiger charge is 2.31. The van der Waals surface area contributed by atoms with Crippen molar-refractivity contribution >= 4 is 25.0 Å². The van der Waals surface area contributed by atoms with Crippen molar-refractivity contribution in [3.8, 4) is 0 Å². The molecule has 0 saturated carbocycles. The number of hydrogen-bond acceptors (Lipinski definition) is 8. The second-order valence-electron chi connectivity index (χ2n) is 6.87. The molecule has 0 aliphatic carbocycles. The zero-order valence-corrected chi connectivity index (χ0v) is 18.1. The van der Waals surface area contributed by atoms with Crippen molar-refractivity contribution in [3.63, 3.8) is 0 Å². The Morgan fingerprint density at radius 1 is 1.07 bits per heavy atom. The van der Waals surface area contributed by atoms with Gasteiger partial charge in [0.2, 0.25) is 0 Å². The maximum absolute atomic E-state index is 12.8. The minimum atomic E-state index is -3.87. The van der Waals surface area contributed by atoms with E-state index >= 15 is 0 Å². The third kappa shape index (κ3) is 8.93. The fraction of sp³-hybridized carbons (Fsp3) is 0.556. The van der Waals surface area contributed by atoms with Crippen LogP contribution in [0.4, 0.5) is 4.79 Å². The van der Waals surface area contributed by atoms with Crippen LogP contribution in [0.25, 0.3) is 0 Å². The Morgan fingerprint density at radius 3 is 2.00 bits per heavy atom. The number of carboxylic acids is 1. The van der Waals surface area contributed by atoms with E-state index in [0.717, 1.165) is 0 Å². The van der Waals surface area contributed by atoms with Gasteiger partial charge in [-0.15, -0.1) is 9.35 Å². The smallest absolute Gasteiger partial charge is 0.414 e. The zero-order valence-electron chi connectivity index (χ0n) is 17.2. The van der Waals surface area contributed by atoms with Crippen molar-refractivity contribution < 1.29 is 43.1 Å². The quantitative estimate of drug-likeness (QED) is 0.307. The lowest BCUT2D eigenvalue weighted by atomic mass is 10.1. The van der Waals surface area contributed by atoms with Crippen molar-refractivity contribution in [2.45, 2.75) is 52.7 Å². The first kappa shape index (κ1) is 25.1. The van der Waals surface area contributed by atoms with E-state index in [1.807, 2.05) is 0 Å². The number of aliphatic carboxylic acids is 1. The number of hydrogen-bond donors (Lipinski definition) is 2. The number of carbonyl (C=O) groups excluding carboxylic acids is 1. The zero-order chi connectivity index (χ0) is 22.1. The molecule has 0 fully saturated rings. The number of nitrogens with one attached hydrogen (secondary N) is 1. The first-order valence-electron chi connectivity index (χ1n) is 9.05. The Bertz CT molecular complexity index is 703. The molecule has 0 aliphatic rings. The number of carbonyl (C=O) groups is 2. The highest BCUT2D eigenvalue weighted by molar-refractivity contribution is 7.61. The van der Waals surface area contributed by atoms with Crippen LogP contribution in [0.15, 0.2) is 24.3 Å². The molecular weight excluding hydrogens is 405 g/mol. The highest BCUT2D eigenvalue weighted by Crippen LogP contribution is 2.47. The van der Waals surface area contributed by atoms with Gasteiger partial charge < -0.3 is 15.2 Å². The van der Waals surface area contributed by atoms with Crippen molar-refractivity contribution in [2.24, 2.45) is 0 Å². The van der Waals surface area contributed by atoms with Gasteiger partial charge in [0.1, 0.15) is 11.6 Å². The van der Waals surface area contributed by atoms with E-state index in [0.29, 0.717) is 5.56 Å². The molecule has 29 heavy (non-hydrogen) atoms. The Morgan fingerprint density at radius 2 is 1.59 bits per heavy atom. The van der Waals surface area contributed by atoms with Crippen LogP contribution in [0.3, 0.4) is 0 Å². The summed E-state index contributed by atoms with van der Waals surface area (Å²) < 4.78 is 27.6. The number of benzene rings is 1. The topological polar surface area (TPSA) is 130 Å². The van der Waals surface area contributed by atoms with Gasteiger partial charge in [-0.2, -0.15) is 0 Å². The summed E-state index contributed by atoms with van der Waals surface area (Å²) in [4.78, 5) is 32.8. The Kier molecular flexibility index (Phi) is 9.75. The maximum Gasteiger partial charge on any atom is 0.414 e. The average Bonchev–Trinajstić information content (AvgIpc) is 2.63. The highest BCUT2D eigenvalue weighted by atomic mass is 31.2. The van der Waals surface area contributed by atoms with E-state index < -0.39 is 31.3 Å². The fourth-order valence-corrected chi connectivity index (χ4v) is 3.24. The number of ether oxygens (including phenoxy) is 1. The van der Waals surface area contributed by atoms with Crippen LogP contribution in [0.1, 0.15) is 40.2 Å². The summed E-state index contributed by atoms with van der Waals surface area (Å²) in [5.74, 6) is -1.22. The largest absolute Gasteiger partial charge is 0.480 e. The molecule has 1 aromatic carbocycles. The van der Waals surface area contributed by atoms with Crippen LogP contribution in [0, 0.1) is 0 Å². The summed E-state index contributed by atoms with van der Waals surface area (Å²) in [6.07, 6.45) is -0.848. The van der Waals surface area contributed by atoms with Gasteiger partial charge >= 0.3 is 19.7 Å². The summed E-state index contributed by atoms with van der Waals surface area (Å²) >= 11 is 0. The molecule has 0 spiro atoms. The van der Waals surface area contributed by atoms with Gasteiger partial charge in [0.25, 0.3) is 0 Å². The second-order valence-corrected chi connectivity index (χ2v) is 8.68. The van der Waals surface area contributed by atoms with E-state index in [1.165, 1.54) is 12.1 Å². The normalized spacial score (nSPS) is 13.0. The van der Waals surface area contributed by atoms with Gasteiger partial charge in [-0.3, -0.25) is 0 Å². The summed E-state index contributed by atoms with van der Waals surface area (Å²) in [6.45, 7) is 8.62. The van der Waals surface area contributed by atoms with Gasteiger partial charge in [0.15, 0.2) is 0 Å². The van der Waals surface area contributed by atoms with Gasteiger partial charge in [0.05, 0.1) is 18.5 Å². The van der Waals surface area contributed by atoms with Crippen LogP contribution < -0.4 is 10.6 Å². The summed E-state index contributed by atoms with van der Waals surface area (Å²) in [5.41, 5.74) is -0.187. The van der Waals surface area contributed by atoms with Crippen molar-refractivity contribution in [1.29, 1.82) is 0 Å². The molecule has 1 rings (SSSR count). The van der Waals surface area contributed by atoms with E-state index in [1.54, 1.807) is 46.8 Å². The first-order valence-corrected chi connectivity index (χ1v) is 10.6. The molecule has 0 unspecified atom stereocenters. The Labute approximate surface area is 169 Å². The Balaban J connectivity index is 2.90. The monoisotopic (exact) mass is 433 g/mol. The third-order valence-corrected chi connectivity index (χ3v) is 4.75. The van der Waals surface area contributed by atoms with E-state index in [-0.39, 0.29) is 24.9 Å². The molecule has 0 saturated heterocycles. The predicted octanol–water partition coefficient (Wildman–Crippen LogP) is 2.96. The molecule has 1 aromatic rings. The second kappa shape index (κ2) is 11.3. The minimum absolute atomic E-state index is 0.0161. The molecule has 2 N–H and O–H groups in total. The molecule has 0 aliphatic heterocycles. The number of alkyl carbamates (subject to hydrolysis) is 1. The lowest BCUT2D eigenvalue weighted by Gasteiger charge is -2.22. The summed E-state index contributed by atoms with van der Waals surface area (Å²) in [6, 6.07) is 4.77. The molecule has 164 valence electrons. The molecule has 1 amide bonds. The van der Waals surface area contributed by atoms with E-state index in [9.17, 15) is 19.3 Å². The fourth-order valence-electron chi connectivity index (χ4n) is 2.04. The van der Waals surface area contributed by atoms with Crippen molar-refractivity contribution in [1.82, 2.24) is 5.32 Å². The standard InChI is InChI=1S/C18H28NO9P/c1-6-24-27-29(23,28-25-7-2)14-10-8-13(9-11-14)12-15(16(20)21)19-17(22)26-18(3,4)5/h8-11,15H,6-7,12H2,1-5H3,(H,19,22)(H,20,21)/t15-/m0/s1. The molecule has 0 aromatic heterocycles. The molecule has 11 heteroatoms. The summed E-state index contributed by atoms with van der Waals surface area (Å²) in [7, 11) is -3.87. The molecule has 0 bridgehead atoms. The lowest BCUT2D eigenvalue weighted by molar-refractivity contribution is -0.260. The predicted molar refractivity (Wildman–Crippen MR) is 104 cm³/mol. The van der Waals surface area contributed by atoms with Gasteiger partial charge in [0, 0.05) is 6.42 Å². The van der Waals surface area contributed by atoms with E-state index in [4.69, 9.17) is 23.9 Å². The molecule has 1 atom stereocenters. The molecule has 0 heterocycles.